The molecule has 0 aliphatic carbocycles. The minimum atomic E-state index is -0.783. The van der Waals surface area contributed by atoms with Gasteiger partial charge < -0.3 is 4.74 Å². The van der Waals surface area contributed by atoms with E-state index in [-0.39, 0.29) is 5.82 Å². The molecule has 0 bridgehead atoms. The Balaban J connectivity index is 2.98. The van der Waals surface area contributed by atoms with Crippen molar-refractivity contribution < 1.29 is 14.5 Å². The molecule has 0 saturated heterocycles. The maximum atomic E-state index is 11.5. The van der Waals surface area contributed by atoms with E-state index in [2.05, 4.69) is 9.97 Å². The summed E-state index contributed by atoms with van der Waals surface area (Å²) in [5.41, 5.74) is -1.16. The van der Waals surface area contributed by atoms with Crippen LogP contribution in [-0.2, 0) is 4.74 Å². The Labute approximate surface area is 102 Å². The molecule has 0 aromatic carbocycles. The van der Waals surface area contributed by atoms with Crippen LogP contribution in [0.3, 0.4) is 0 Å². The number of nitro groups is 1. The Hall–Kier alpha value is -1.76. The van der Waals surface area contributed by atoms with Crippen LogP contribution >= 0.6 is 11.6 Å². The third-order valence-electron chi connectivity index (χ3n) is 1.50. The van der Waals surface area contributed by atoms with Gasteiger partial charge in [-0.3, -0.25) is 10.1 Å². The van der Waals surface area contributed by atoms with Crippen molar-refractivity contribution in [1.29, 1.82) is 0 Å². The van der Waals surface area contributed by atoms with Crippen molar-refractivity contribution in [1.82, 2.24) is 9.97 Å². The van der Waals surface area contributed by atoms with Gasteiger partial charge in [0.2, 0.25) is 11.0 Å². The van der Waals surface area contributed by atoms with Gasteiger partial charge in [-0.2, -0.15) is 0 Å². The van der Waals surface area contributed by atoms with Crippen molar-refractivity contribution >= 4 is 23.3 Å². The summed E-state index contributed by atoms with van der Waals surface area (Å²) in [5, 5.41) is 10.1. The van der Waals surface area contributed by atoms with Crippen LogP contribution in [0.25, 0.3) is 0 Å². The Kier molecular flexibility index (Phi) is 3.62. The number of hydrogen-bond acceptors (Lipinski definition) is 6. The fourth-order valence-corrected chi connectivity index (χ4v) is 1.10. The monoisotopic (exact) mass is 259 g/mol. The fraction of sp³-hybridized carbons (Fsp3) is 0.444. The van der Waals surface area contributed by atoms with Gasteiger partial charge in [0.15, 0.2) is 0 Å². The highest BCUT2D eigenvalue weighted by molar-refractivity contribution is 6.31. The van der Waals surface area contributed by atoms with Gasteiger partial charge in [-0.1, -0.05) is 11.6 Å². The van der Waals surface area contributed by atoms with Crippen LogP contribution < -0.4 is 0 Å². The first-order chi connectivity index (χ1) is 7.70. The predicted molar refractivity (Wildman–Crippen MR) is 58.9 cm³/mol. The van der Waals surface area contributed by atoms with E-state index in [4.69, 9.17) is 16.3 Å². The number of rotatable bonds is 2. The highest BCUT2D eigenvalue weighted by Gasteiger charge is 2.23. The molecule has 8 heteroatoms. The summed E-state index contributed by atoms with van der Waals surface area (Å²) in [6.07, 6.45) is 0.870. The lowest BCUT2D eigenvalue weighted by Crippen LogP contribution is -2.25. The Bertz CT molecular complexity index is 470. The quantitative estimate of drug-likeness (QED) is 0.349. The van der Waals surface area contributed by atoms with Gasteiger partial charge in [0.25, 0.3) is 0 Å². The molecule has 0 radical (unpaired) electrons. The van der Waals surface area contributed by atoms with Crippen LogP contribution in [0.15, 0.2) is 6.20 Å². The summed E-state index contributed by atoms with van der Waals surface area (Å²) in [7, 11) is 0. The van der Waals surface area contributed by atoms with Crippen LogP contribution in [0.5, 0.6) is 0 Å². The topological polar surface area (TPSA) is 95.2 Å². The first kappa shape index (κ1) is 13.3. The molecule has 0 N–H and O–H groups in total. The average molecular weight is 260 g/mol. The lowest BCUT2D eigenvalue weighted by Gasteiger charge is -2.18. The number of nitrogens with zero attached hydrogens (tertiary/aromatic N) is 3. The Morgan fingerprint density at radius 2 is 2.12 bits per heavy atom. The van der Waals surface area contributed by atoms with Gasteiger partial charge in [-0.25, -0.2) is 14.8 Å². The normalized spacial score (nSPS) is 11.1. The molecule has 0 aliphatic heterocycles. The molecule has 1 aromatic heterocycles. The Morgan fingerprint density at radius 1 is 1.53 bits per heavy atom. The average Bonchev–Trinajstić information content (AvgIpc) is 2.14. The van der Waals surface area contributed by atoms with Gasteiger partial charge in [0.1, 0.15) is 11.8 Å². The van der Waals surface area contributed by atoms with Crippen molar-refractivity contribution in [3.8, 4) is 0 Å². The van der Waals surface area contributed by atoms with E-state index in [1.54, 1.807) is 20.8 Å². The van der Waals surface area contributed by atoms with E-state index in [0.29, 0.717) is 0 Å². The number of hydrogen-bond donors (Lipinski definition) is 0. The zero-order chi connectivity index (χ0) is 13.2. The number of carbonyl (C=O) groups is 1. The molecule has 17 heavy (non-hydrogen) atoms. The molecule has 1 heterocycles. The summed E-state index contributed by atoms with van der Waals surface area (Å²) in [5.74, 6) is -1.09. The molecule has 7 nitrogen and oxygen atoms in total. The third-order valence-corrected chi connectivity index (χ3v) is 1.78. The van der Waals surface area contributed by atoms with Gasteiger partial charge >= 0.3 is 11.7 Å². The second kappa shape index (κ2) is 4.62. The summed E-state index contributed by atoms with van der Waals surface area (Å²) in [6.45, 7) is 5.04. The van der Waals surface area contributed by atoms with E-state index in [9.17, 15) is 14.9 Å². The minimum Gasteiger partial charge on any atom is -0.454 e. The zero-order valence-corrected chi connectivity index (χ0v) is 10.2. The van der Waals surface area contributed by atoms with Crippen molar-refractivity contribution in [3.05, 3.63) is 27.3 Å². The maximum Gasteiger partial charge on any atom is 0.376 e. The highest BCUT2D eigenvalue weighted by Crippen LogP contribution is 2.20. The summed E-state index contributed by atoms with van der Waals surface area (Å²) in [4.78, 5) is 28.3. The summed E-state index contributed by atoms with van der Waals surface area (Å²) >= 11 is 5.54. The van der Waals surface area contributed by atoms with Gasteiger partial charge in [-0.15, -0.1) is 0 Å². The van der Waals surface area contributed by atoms with Crippen molar-refractivity contribution in [3.63, 3.8) is 0 Å². The molecule has 0 aliphatic rings. The highest BCUT2D eigenvalue weighted by atomic mass is 35.5. The largest absolute Gasteiger partial charge is 0.454 e. The summed E-state index contributed by atoms with van der Waals surface area (Å²) < 4.78 is 4.99. The van der Waals surface area contributed by atoms with Crippen molar-refractivity contribution in [2.24, 2.45) is 0 Å². The molecule has 0 unspecified atom stereocenters. The Morgan fingerprint density at radius 3 is 2.53 bits per heavy atom. The smallest absolute Gasteiger partial charge is 0.376 e. The van der Waals surface area contributed by atoms with Gasteiger partial charge in [0, 0.05) is 0 Å². The van der Waals surface area contributed by atoms with Crippen molar-refractivity contribution in [2.75, 3.05) is 0 Å². The van der Waals surface area contributed by atoms with Crippen LogP contribution in [0, 0.1) is 10.1 Å². The number of esters is 1. The molecule has 0 spiro atoms. The van der Waals surface area contributed by atoms with Crippen molar-refractivity contribution in [2.45, 2.75) is 26.4 Å². The van der Waals surface area contributed by atoms with E-state index < -0.39 is 27.3 Å². The predicted octanol–water partition coefficient (Wildman–Crippen LogP) is 1.99. The molecule has 0 fully saturated rings. The lowest BCUT2D eigenvalue weighted by atomic mass is 10.2. The summed E-state index contributed by atoms with van der Waals surface area (Å²) in [6, 6.07) is 0. The first-order valence-corrected chi connectivity index (χ1v) is 4.99. The second-order valence-electron chi connectivity index (χ2n) is 4.13. The minimum absolute atomic E-state index is 0.310. The van der Waals surface area contributed by atoms with Crippen LogP contribution in [-0.4, -0.2) is 26.5 Å². The lowest BCUT2D eigenvalue weighted by molar-refractivity contribution is -0.385. The number of aromatic nitrogens is 2. The van der Waals surface area contributed by atoms with Crippen LogP contribution in [0.1, 0.15) is 31.4 Å². The number of halogens is 1. The zero-order valence-electron chi connectivity index (χ0n) is 9.43. The van der Waals surface area contributed by atoms with Gasteiger partial charge in [-0.05, 0) is 20.8 Å². The number of carbonyl (C=O) groups excluding carboxylic acids is 1. The van der Waals surface area contributed by atoms with Crippen LogP contribution in [0.4, 0.5) is 5.69 Å². The van der Waals surface area contributed by atoms with Crippen LogP contribution in [0.2, 0.25) is 5.15 Å². The molecular formula is C9H10ClN3O4. The molecule has 1 rings (SSSR count). The molecule has 0 atom stereocenters. The fourth-order valence-electron chi connectivity index (χ4n) is 0.899. The van der Waals surface area contributed by atoms with E-state index in [0.717, 1.165) is 6.20 Å². The maximum absolute atomic E-state index is 11.5. The second-order valence-corrected chi connectivity index (χ2v) is 4.49. The molecule has 0 saturated carbocycles. The van der Waals surface area contributed by atoms with E-state index >= 15 is 0 Å². The van der Waals surface area contributed by atoms with E-state index in [1.165, 1.54) is 0 Å². The van der Waals surface area contributed by atoms with E-state index in [1.807, 2.05) is 0 Å². The SMILES string of the molecule is CC(C)(C)OC(=O)c1ncc([N+](=O)[O-])c(Cl)n1. The standard InChI is InChI=1S/C9H10ClN3O4/c1-9(2,3)17-8(14)7-11-4-5(13(15)16)6(10)12-7/h4H,1-3H3. The molecule has 0 amide bonds. The number of ether oxygens (including phenoxy) is 1. The molecular weight excluding hydrogens is 250 g/mol. The molecule has 1 aromatic rings. The van der Waals surface area contributed by atoms with Gasteiger partial charge in [0.05, 0.1) is 4.92 Å². The first-order valence-electron chi connectivity index (χ1n) is 4.61. The third kappa shape index (κ3) is 3.63. The molecule has 92 valence electrons.